The number of nitrogens with one attached hydrogen (secondary N) is 2. The van der Waals surface area contributed by atoms with Gasteiger partial charge in [-0.25, -0.2) is 9.78 Å². The van der Waals surface area contributed by atoms with Crippen LogP contribution in [0, 0.1) is 0 Å². The van der Waals surface area contributed by atoms with E-state index in [0.29, 0.717) is 5.13 Å². The van der Waals surface area contributed by atoms with E-state index in [4.69, 9.17) is 4.84 Å². The molecule has 4 aromatic rings. The number of amides is 1. The van der Waals surface area contributed by atoms with Crippen molar-refractivity contribution in [1.82, 2.24) is 10.3 Å². The highest BCUT2D eigenvalue weighted by atomic mass is 32.1. The molecule has 0 saturated carbocycles. The van der Waals surface area contributed by atoms with Crippen molar-refractivity contribution in [2.75, 3.05) is 19.0 Å². The Bertz CT molecular complexity index is 1250. The molecule has 1 amide bonds. The van der Waals surface area contributed by atoms with Gasteiger partial charge in [-0.05, 0) is 16.7 Å². The summed E-state index contributed by atoms with van der Waals surface area (Å²) in [5.74, 6) is -1.74. The molecule has 8 nitrogen and oxygen atoms in total. The van der Waals surface area contributed by atoms with Crippen LogP contribution < -0.4 is 10.6 Å². The fourth-order valence-electron chi connectivity index (χ4n) is 3.80. The lowest BCUT2D eigenvalue weighted by molar-refractivity contribution is -0.130. The summed E-state index contributed by atoms with van der Waals surface area (Å²) < 4.78 is 0. The molecule has 36 heavy (non-hydrogen) atoms. The quantitative estimate of drug-likeness (QED) is 0.172. The van der Waals surface area contributed by atoms with Crippen LogP contribution in [0.1, 0.15) is 22.4 Å². The molecule has 3 N–H and O–H groups in total. The third kappa shape index (κ3) is 5.26. The topological polar surface area (TPSA) is 113 Å². The summed E-state index contributed by atoms with van der Waals surface area (Å²) in [5.41, 5.74) is 1.87. The number of benzene rings is 3. The number of carboxylic acid groups (broad SMARTS) is 1. The van der Waals surface area contributed by atoms with Crippen molar-refractivity contribution >= 4 is 34.1 Å². The number of anilines is 1. The number of thiazole rings is 1. The molecule has 1 heterocycles. The van der Waals surface area contributed by atoms with Gasteiger partial charge in [-0.1, -0.05) is 96.2 Å². The van der Waals surface area contributed by atoms with Gasteiger partial charge in [-0.3, -0.25) is 4.79 Å². The number of rotatable bonds is 10. The predicted octanol–water partition coefficient (Wildman–Crippen LogP) is 4.10. The predicted molar refractivity (Wildman–Crippen MR) is 139 cm³/mol. The van der Waals surface area contributed by atoms with Crippen LogP contribution in [0.15, 0.2) is 102 Å². The van der Waals surface area contributed by atoms with Gasteiger partial charge in [0.1, 0.15) is 11.2 Å². The zero-order valence-corrected chi connectivity index (χ0v) is 20.2. The first kappa shape index (κ1) is 24.6. The number of nitrogens with zero attached hydrogens (tertiary/aromatic N) is 2. The monoisotopic (exact) mass is 500 g/mol. The molecular formula is C27H24N4O4S. The molecule has 0 spiro atoms. The Morgan fingerprint density at radius 2 is 1.42 bits per heavy atom. The molecule has 0 bridgehead atoms. The average Bonchev–Trinajstić information content (AvgIpc) is 3.38. The van der Waals surface area contributed by atoms with Crippen LogP contribution in [0.25, 0.3) is 0 Å². The minimum Gasteiger partial charge on any atom is -0.476 e. The van der Waals surface area contributed by atoms with Crippen LogP contribution in [-0.4, -0.2) is 41.3 Å². The molecule has 1 aromatic heterocycles. The standard InChI is InChI=1S/C27H24N4O4S/c1-28-23(32)17-35-31-24(25(33)34)22-18-36-26(29-22)30-27(19-11-5-2-6-12-19,20-13-7-3-8-14-20)21-15-9-4-10-16-21/h2-16,18H,17H2,1H3,(H,28,32)(H,29,30)(H,33,34). The molecule has 0 saturated heterocycles. The first-order chi connectivity index (χ1) is 17.5. The van der Waals surface area contributed by atoms with Crippen molar-refractivity contribution in [3.8, 4) is 0 Å². The minimum absolute atomic E-state index is 0.120. The van der Waals surface area contributed by atoms with Crippen LogP contribution in [0.2, 0.25) is 0 Å². The highest BCUT2D eigenvalue weighted by Crippen LogP contribution is 2.40. The van der Waals surface area contributed by atoms with Gasteiger partial charge in [0.05, 0.1) is 0 Å². The van der Waals surface area contributed by atoms with Gasteiger partial charge in [0, 0.05) is 12.4 Å². The number of hydrogen-bond acceptors (Lipinski definition) is 7. The second kappa shape index (κ2) is 11.3. The van der Waals surface area contributed by atoms with E-state index in [0.717, 1.165) is 16.7 Å². The second-order valence-corrected chi connectivity index (χ2v) is 8.56. The minimum atomic E-state index is -1.32. The maximum absolute atomic E-state index is 11.8. The fourth-order valence-corrected chi connectivity index (χ4v) is 4.55. The molecule has 4 rings (SSSR count). The lowest BCUT2D eigenvalue weighted by Gasteiger charge is -2.36. The average molecular weight is 501 g/mol. The zero-order valence-electron chi connectivity index (χ0n) is 19.4. The molecule has 0 radical (unpaired) electrons. The normalized spacial score (nSPS) is 11.5. The largest absolute Gasteiger partial charge is 0.476 e. The van der Waals surface area contributed by atoms with E-state index in [-0.39, 0.29) is 5.69 Å². The van der Waals surface area contributed by atoms with Gasteiger partial charge in [-0.15, -0.1) is 11.3 Å². The SMILES string of the molecule is CNC(=O)CON=C(C(=O)O)c1csc(NC(c2ccccc2)(c2ccccc2)c2ccccc2)n1. The number of oxime groups is 1. The number of hydrogen-bond donors (Lipinski definition) is 3. The summed E-state index contributed by atoms with van der Waals surface area (Å²) in [5, 5.41) is 21.3. The van der Waals surface area contributed by atoms with Crippen LogP contribution in [0.5, 0.6) is 0 Å². The van der Waals surface area contributed by atoms with Crippen LogP contribution in [0.4, 0.5) is 5.13 Å². The molecule has 9 heteroatoms. The Labute approximate surface area is 212 Å². The van der Waals surface area contributed by atoms with Crippen LogP contribution in [-0.2, 0) is 20.0 Å². The lowest BCUT2D eigenvalue weighted by Crippen LogP contribution is -2.38. The molecule has 0 aliphatic heterocycles. The molecule has 3 aromatic carbocycles. The van der Waals surface area contributed by atoms with Crippen molar-refractivity contribution in [2.45, 2.75) is 5.54 Å². The molecule has 0 unspecified atom stereocenters. The number of carbonyl (C=O) groups is 2. The highest BCUT2D eigenvalue weighted by molar-refractivity contribution is 7.14. The van der Waals surface area contributed by atoms with E-state index in [2.05, 4.69) is 20.8 Å². The first-order valence-corrected chi connectivity index (χ1v) is 12.0. The maximum atomic E-state index is 11.8. The second-order valence-electron chi connectivity index (χ2n) is 7.70. The summed E-state index contributed by atoms with van der Waals surface area (Å²) in [6.45, 7) is -0.401. The Hall–Kier alpha value is -4.50. The third-order valence-electron chi connectivity index (χ3n) is 5.49. The Kier molecular flexibility index (Phi) is 7.72. The Balaban J connectivity index is 1.79. The lowest BCUT2D eigenvalue weighted by atomic mass is 9.77. The van der Waals surface area contributed by atoms with Crippen molar-refractivity contribution in [1.29, 1.82) is 0 Å². The summed E-state index contributed by atoms with van der Waals surface area (Å²) in [7, 11) is 1.45. The molecule has 0 aliphatic carbocycles. The Morgan fingerprint density at radius 1 is 0.917 bits per heavy atom. The summed E-state index contributed by atoms with van der Waals surface area (Å²) >= 11 is 1.25. The number of aliphatic carboxylic acids is 1. The first-order valence-electron chi connectivity index (χ1n) is 11.1. The van der Waals surface area contributed by atoms with E-state index < -0.39 is 29.7 Å². The van der Waals surface area contributed by atoms with Gasteiger partial charge in [-0.2, -0.15) is 0 Å². The van der Waals surface area contributed by atoms with Crippen molar-refractivity contribution in [3.05, 3.63) is 119 Å². The summed E-state index contributed by atoms with van der Waals surface area (Å²) in [6.07, 6.45) is 0. The number of likely N-dealkylation sites (N-methyl/N-ethyl adjacent to an activating group) is 1. The van der Waals surface area contributed by atoms with E-state index in [9.17, 15) is 14.7 Å². The summed E-state index contributed by atoms with van der Waals surface area (Å²) in [6, 6.07) is 30.0. The molecule has 0 atom stereocenters. The Morgan fingerprint density at radius 3 is 1.86 bits per heavy atom. The van der Waals surface area contributed by atoms with Gasteiger partial charge in [0.2, 0.25) is 5.71 Å². The van der Waals surface area contributed by atoms with Crippen molar-refractivity contribution in [2.24, 2.45) is 5.16 Å². The fraction of sp³-hybridized carbons (Fsp3) is 0.111. The van der Waals surface area contributed by atoms with E-state index in [1.54, 1.807) is 5.38 Å². The third-order valence-corrected chi connectivity index (χ3v) is 6.25. The van der Waals surface area contributed by atoms with E-state index >= 15 is 0 Å². The number of carboxylic acids is 1. The zero-order chi connectivity index (χ0) is 25.4. The van der Waals surface area contributed by atoms with Gasteiger partial charge in [0.25, 0.3) is 5.91 Å². The van der Waals surface area contributed by atoms with E-state index in [1.165, 1.54) is 18.4 Å². The molecule has 0 fully saturated rings. The van der Waals surface area contributed by atoms with Crippen LogP contribution >= 0.6 is 11.3 Å². The van der Waals surface area contributed by atoms with Gasteiger partial charge >= 0.3 is 5.97 Å². The highest BCUT2D eigenvalue weighted by Gasteiger charge is 2.37. The molecule has 0 aliphatic rings. The van der Waals surface area contributed by atoms with Crippen molar-refractivity contribution < 1.29 is 19.5 Å². The van der Waals surface area contributed by atoms with Crippen molar-refractivity contribution in [3.63, 3.8) is 0 Å². The summed E-state index contributed by atoms with van der Waals surface area (Å²) in [4.78, 5) is 32.7. The number of aromatic nitrogens is 1. The molecular weight excluding hydrogens is 476 g/mol. The van der Waals surface area contributed by atoms with Crippen LogP contribution in [0.3, 0.4) is 0 Å². The molecule has 182 valence electrons. The smallest absolute Gasteiger partial charge is 0.360 e. The maximum Gasteiger partial charge on any atom is 0.360 e. The van der Waals surface area contributed by atoms with Gasteiger partial charge in [0.15, 0.2) is 11.7 Å². The van der Waals surface area contributed by atoms with E-state index in [1.807, 2.05) is 91.0 Å². The van der Waals surface area contributed by atoms with Gasteiger partial charge < -0.3 is 20.6 Å². The number of carbonyl (C=O) groups excluding carboxylic acids is 1.